The molecule has 1 aliphatic heterocycles. The van der Waals surface area contributed by atoms with Gasteiger partial charge in [-0.2, -0.15) is 4.98 Å². The summed E-state index contributed by atoms with van der Waals surface area (Å²) in [5.74, 6) is 1.83. The molecule has 2 heterocycles. The number of hydrogen-bond donors (Lipinski definition) is 1. The second-order valence-corrected chi connectivity index (χ2v) is 4.85. The number of nitrogens with two attached hydrogens (primary N) is 1. The molecule has 1 saturated heterocycles. The molecule has 5 nitrogen and oxygen atoms in total. The lowest BCUT2D eigenvalue weighted by Crippen LogP contribution is -2.03. The number of benzene rings is 1. The third-order valence-electron chi connectivity index (χ3n) is 3.40. The minimum atomic E-state index is 0. The maximum Gasteiger partial charge on any atom is 0.227 e. The molecule has 1 atom stereocenters. The molecule has 1 aliphatic rings. The first kappa shape index (κ1) is 15.0. The lowest BCUT2D eigenvalue weighted by Gasteiger charge is -2.01. The summed E-state index contributed by atoms with van der Waals surface area (Å²) in [6.45, 7) is 2.18. The van der Waals surface area contributed by atoms with Crippen molar-refractivity contribution in [3.8, 4) is 11.4 Å². The molecule has 2 aromatic rings. The Balaban J connectivity index is 0.00000147. The topological polar surface area (TPSA) is 74.2 Å². The summed E-state index contributed by atoms with van der Waals surface area (Å²) < 4.78 is 10.6. The fourth-order valence-corrected chi connectivity index (χ4v) is 2.24. The van der Waals surface area contributed by atoms with Crippen LogP contribution in [0.5, 0.6) is 0 Å². The Morgan fingerprint density at radius 3 is 2.70 bits per heavy atom. The zero-order valence-electron chi connectivity index (χ0n) is 11.1. The van der Waals surface area contributed by atoms with Gasteiger partial charge in [0.05, 0.1) is 0 Å². The van der Waals surface area contributed by atoms with Crippen molar-refractivity contribution in [2.24, 2.45) is 11.7 Å². The van der Waals surface area contributed by atoms with Gasteiger partial charge in [0.1, 0.15) is 0 Å². The molecular formula is C14H18ClN3O2. The molecule has 1 fully saturated rings. The maximum atomic E-state index is 5.57. The summed E-state index contributed by atoms with van der Waals surface area (Å²) in [5.41, 5.74) is 7.62. The Kier molecular flexibility index (Phi) is 5.11. The van der Waals surface area contributed by atoms with Gasteiger partial charge in [0, 0.05) is 31.7 Å². The summed E-state index contributed by atoms with van der Waals surface area (Å²) in [7, 11) is 0. The van der Waals surface area contributed by atoms with Crippen molar-refractivity contribution in [3.63, 3.8) is 0 Å². The van der Waals surface area contributed by atoms with E-state index in [0.717, 1.165) is 37.2 Å². The first-order chi connectivity index (χ1) is 9.35. The molecule has 0 spiro atoms. The molecule has 6 heteroatoms. The molecule has 1 aromatic carbocycles. The normalized spacial score (nSPS) is 17.9. The van der Waals surface area contributed by atoms with Crippen LogP contribution in [0.4, 0.5) is 0 Å². The molecule has 108 valence electrons. The number of aromatic nitrogens is 2. The van der Waals surface area contributed by atoms with E-state index in [1.165, 1.54) is 0 Å². The standard InChI is InChI=1S/C14H17N3O2.ClH/c15-8-10-1-3-12(4-2-10)14-16-13(19-17-14)7-11-5-6-18-9-11;/h1-4,11H,5-9,15H2;1H. The van der Waals surface area contributed by atoms with Gasteiger partial charge in [-0.3, -0.25) is 0 Å². The first-order valence-electron chi connectivity index (χ1n) is 6.55. The third-order valence-corrected chi connectivity index (χ3v) is 3.40. The van der Waals surface area contributed by atoms with Crippen LogP contribution in [0.25, 0.3) is 11.4 Å². The van der Waals surface area contributed by atoms with Gasteiger partial charge in [0.15, 0.2) is 0 Å². The average Bonchev–Trinajstić information content (AvgIpc) is 3.11. The predicted octanol–water partition coefficient (Wildman–Crippen LogP) is 2.20. The number of rotatable bonds is 4. The molecule has 0 radical (unpaired) electrons. The average molecular weight is 296 g/mol. The van der Waals surface area contributed by atoms with Crippen molar-refractivity contribution < 1.29 is 9.26 Å². The smallest absolute Gasteiger partial charge is 0.227 e. The van der Waals surface area contributed by atoms with Crippen LogP contribution in [0, 0.1) is 5.92 Å². The van der Waals surface area contributed by atoms with Gasteiger partial charge >= 0.3 is 0 Å². The Bertz CT molecular complexity index is 536. The fourth-order valence-electron chi connectivity index (χ4n) is 2.24. The molecule has 0 amide bonds. The summed E-state index contributed by atoms with van der Waals surface area (Å²) >= 11 is 0. The van der Waals surface area contributed by atoms with Crippen molar-refractivity contribution in [2.75, 3.05) is 13.2 Å². The lowest BCUT2D eigenvalue weighted by atomic mass is 10.1. The van der Waals surface area contributed by atoms with Gasteiger partial charge in [-0.05, 0) is 17.9 Å². The van der Waals surface area contributed by atoms with Crippen LogP contribution in [0.1, 0.15) is 17.9 Å². The van der Waals surface area contributed by atoms with E-state index in [1.807, 2.05) is 24.3 Å². The first-order valence-corrected chi connectivity index (χ1v) is 6.55. The minimum absolute atomic E-state index is 0. The Morgan fingerprint density at radius 1 is 1.25 bits per heavy atom. The summed E-state index contributed by atoms with van der Waals surface area (Å²) in [5, 5.41) is 4.03. The highest BCUT2D eigenvalue weighted by atomic mass is 35.5. The second-order valence-electron chi connectivity index (χ2n) is 4.85. The Morgan fingerprint density at radius 2 is 2.05 bits per heavy atom. The maximum absolute atomic E-state index is 5.57. The van der Waals surface area contributed by atoms with E-state index in [-0.39, 0.29) is 12.4 Å². The zero-order chi connectivity index (χ0) is 13.1. The van der Waals surface area contributed by atoms with E-state index in [1.54, 1.807) is 0 Å². The van der Waals surface area contributed by atoms with Gasteiger partial charge in [0.2, 0.25) is 11.7 Å². The lowest BCUT2D eigenvalue weighted by molar-refractivity contribution is 0.183. The molecule has 3 rings (SSSR count). The monoisotopic (exact) mass is 295 g/mol. The van der Waals surface area contributed by atoms with Crippen LogP contribution in [-0.2, 0) is 17.7 Å². The highest BCUT2D eigenvalue weighted by Crippen LogP contribution is 2.20. The fraction of sp³-hybridized carbons (Fsp3) is 0.429. The van der Waals surface area contributed by atoms with E-state index in [4.69, 9.17) is 15.0 Å². The quantitative estimate of drug-likeness (QED) is 0.936. The number of nitrogens with zero attached hydrogens (tertiary/aromatic N) is 2. The molecule has 1 aromatic heterocycles. The SMILES string of the molecule is Cl.NCc1ccc(-c2noc(CC3CCOC3)n2)cc1. The molecule has 0 bridgehead atoms. The van der Waals surface area contributed by atoms with Gasteiger partial charge in [-0.1, -0.05) is 29.4 Å². The van der Waals surface area contributed by atoms with Crippen LogP contribution >= 0.6 is 12.4 Å². The van der Waals surface area contributed by atoms with Gasteiger partial charge in [-0.25, -0.2) is 0 Å². The van der Waals surface area contributed by atoms with Gasteiger partial charge < -0.3 is 15.0 Å². The van der Waals surface area contributed by atoms with Crippen molar-refractivity contribution in [1.82, 2.24) is 10.1 Å². The van der Waals surface area contributed by atoms with E-state index in [2.05, 4.69) is 10.1 Å². The molecule has 2 N–H and O–H groups in total. The highest BCUT2D eigenvalue weighted by molar-refractivity contribution is 5.85. The van der Waals surface area contributed by atoms with Gasteiger partial charge in [0.25, 0.3) is 0 Å². The van der Waals surface area contributed by atoms with E-state index in [9.17, 15) is 0 Å². The van der Waals surface area contributed by atoms with Crippen LogP contribution < -0.4 is 5.73 Å². The predicted molar refractivity (Wildman–Crippen MR) is 77.5 cm³/mol. The van der Waals surface area contributed by atoms with E-state index < -0.39 is 0 Å². The van der Waals surface area contributed by atoms with Crippen LogP contribution in [0.3, 0.4) is 0 Å². The van der Waals surface area contributed by atoms with Crippen molar-refractivity contribution in [3.05, 3.63) is 35.7 Å². The van der Waals surface area contributed by atoms with Crippen molar-refractivity contribution >= 4 is 12.4 Å². The molecule has 1 unspecified atom stereocenters. The zero-order valence-corrected chi connectivity index (χ0v) is 11.9. The second kappa shape index (κ2) is 6.83. The Labute approximate surface area is 123 Å². The van der Waals surface area contributed by atoms with E-state index >= 15 is 0 Å². The molecule has 0 saturated carbocycles. The summed E-state index contributed by atoms with van der Waals surface area (Å²) in [6, 6.07) is 7.90. The molecular weight excluding hydrogens is 278 g/mol. The van der Waals surface area contributed by atoms with Crippen molar-refractivity contribution in [1.29, 1.82) is 0 Å². The summed E-state index contributed by atoms with van der Waals surface area (Å²) in [4.78, 5) is 4.43. The van der Waals surface area contributed by atoms with E-state index in [0.29, 0.717) is 24.2 Å². The van der Waals surface area contributed by atoms with Crippen LogP contribution in [0.2, 0.25) is 0 Å². The molecule has 20 heavy (non-hydrogen) atoms. The number of halogens is 1. The van der Waals surface area contributed by atoms with Crippen LogP contribution in [0.15, 0.2) is 28.8 Å². The Hall–Kier alpha value is -1.43. The largest absolute Gasteiger partial charge is 0.381 e. The number of hydrogen-bond acceptors (Lipinski definition) is 5. The minimum Gasteiger partial charge on any atom is -0.381 e. The third kappa shape index (κ3) is 3.36. The van der Waals surface area contributed by atoms with Crippen molar-refractivity contribution in [2.45, 2.75) is 19.4 Å². The van der Waals surface area contributed by atoms with Crippen LogP contribution in [-0.4, -0.2) is 23.4 Å². The van der Waals surface area contributed by atoms with Gasteiger partial charge in [-0.15, -0.1) is 12.4 Å². The number of ether oxygens (including phenoxy) is 1. The summed E-state index contributed by atoms with van der Waals surface area (Å²) in [6.07, 6.45) is 1.87. The molecule has 0 aliphatic carbocycles. The highest BCUT2D eigenvalue weighted by Gasteiger charge is 2.19.